The van der Waals surface area contributed by atoms with Crippen molar-refractivity contribution >= 4 is 11.6 Å². The van der Waals surface area contributed by atoms with E-state index in [1.807, 2.05) is 6.92 Å². The number of hydrogen-bond acceptors (Lipinski definition) is 5. The Hall–Kier alpha value is -2.15. The molecule has 2 atom stereocenters. The van der Waals surface area contributed by atoms with Crippen LogP contribution in [0.2, 0.25) is 0 Å². The summed E-state index contributed by atoms with van der Waals surface area (Å²) in [5.41, 5.74) is 5.96. The third-order valence-electron chi connectivity index (χ3n) is 3.88. The number of rotatable bonds is 3. The van der Waals surface area contributed by atoms with Gasteiger partial charge in [-0.25, -0.2) is 0 Å². The number of nitro groups is 1. The fourth-order valence-electron chi connectivity index (χ4n) is 2.57. The van der Waals surface area contributed by atoms with Crippen LogP contribution in [0.3, 0.4) is 0 Å². The highest BCUT2D eigenvalue weighted by Crippen LogP contribution is 2.32. The van der Waals surface area contributed by atoms with Crippen molar-refractivity contribution in [3.63, 3.8) is 0 Å². The standard InChI is InChI=1S/C14H19N3O4/c1-9-8-16(7-6-11(9)15)14(18)10-4-3-5-12(17(19)20)13(10)21-2/h3-5,9,11H,6-8,15H2,1-2H3. The van der Waals surface area contributed by atoms with Gasteiger partial charge >= 0.3 is 5.69 Å². The van der Waals surface area contributed by atoms with E-state index in [4.69, 9.17) is 10.5 Å². The number of nitrogens with two attached hydrogens (primary N) is 1. The first kappa shape index (κ1) is 15.2. The van der Waals surface area contributed by atoms with Crippen molar-refractivity contribution < 1.29 is 14.5 Å². The highest BCUT2D eigenvalue weighted by Gasteiger charge is 2.30. The monoisotopic (exact) mass is 293 g/mol. The summed E-state index contributed by atoms with van der Waals surface area (Å²) in [4.78, 5) is 24.7. The third kappa shape index (κ3) is 2.97. The third-order valence-corrected chi connectivity index (χ3v) is 3.88. The number of nitro benzene ring substituents is 1. The molecular weight excluding hydrogens is 274 g/mol. The second kappa shape index (κ2) is 6.09. The lowest BCUT2D eigenvalue weighted by molar-refractivity contribution is -0.385. The first-order chi connectivity index (χ1) is 9.95. The van der Waals surface area contributed by atoms with Crippen molar-refractivity contribution in [2.45, 2.75) is 19.4 Å². The maximum absolute atomic E-state index is 12.6. The van der Waals surface area contributed by atoms with E-state index < -0.39 is 4.92 Å². The molecule has 1 aromatic carbocycles. The van der Waals surface area contributed by atoms with Crippen LogP contribution in [0.25, 0.3) is 0 Å². The summed E-state index contributed by atoms with van der Waals surface area (Å²) in [6.07, 6.45) is 0.726. The molecule has 1 aliphatic heterocycles. The first-order valence-corrected chi connectivity index (χ1v) is 6.82. The van der Waals surface area contributed by atoms with E-state index in [1.165, 1.54) is 19.2 Å². The topological polar surface area (TPSA) is 98.7 Å². The summed E-state index contributed by atoms with van der Waals surface area (Å²) in [7, 11) is 1.33. The van der Waals surface area contributed by atoms with Gasteiger partial charge in [0.15, 0.2) is 0 Å². The van der Waals surface area contributed by atoms with Crippen LogP contribution in [-0.2, 0) is 0 Å². The van der Waals surface area contributed by atoms with Crippen molar-refractivity contribution in [1.82, 2.24) is 4.90 Å². The van der Waals surface area contributed by atoms with Crippen LogP contribution in [0.15, 0.2) is 18.2 Å². The second-order valence-corrected chi connectivity index (χ2v) is 5.30. The van der Waals surface area contributed by atoms with Gasteiger partial charge in [0, 0.05) is 25.2 Å². The highest BCUT2D eigenvalue weighted by molar-refractivity contribution is 5.98. The van der Waals surface area contributed by atoms with Crippen LogP contribution < -0.4 is 10.5 Å². The number of para-hydroxylation sites is 1. The first-order valence-electron chi connectivity index (χ1n) is 6.82. The minimum Gasteiger partial charge on any atom is -0.490 e. The molecular formula is C14H19N3O4. The molecule has 0 aliphatic carbocycles. The maximum atomic E-state index is 12.6. The quantitative estimate of drug-likeness (QED) is 0.671. The maximum Gasteiger partial charge on any atom is 0.311 e. The largest absolute Gasteiger partial charge is 0.490 e. The predicted molar refractivity (Wildman–Crippen MR) is 77.3 cm³/mol. The Labute approximate surface area is 122 Å². The Kier molecular flexibility index (Phi) is 4.42. The number of hydrogen-bond donors (Lipinski definition) is 1. The summed E-state index contributed by atoms with van der Waals surface area (Å²) < 4.78 is 5.08. The van der Waals surface area contributed by atoms with Crippen LogP contribution in [0.5, 0.6) is 5.75 Å². The Morgan fingerprint density at radius 1 is 1.52 bits per heavy atom. The van der Waals surface area contributed by atoms with Gasteiger partial charge in [-0.15, -0.1) is 0 Å². The van der Waals surface area contributed by atoms with Crippen LogP contribution in [0, 0.1) is 16.0 Å². The highest BCUT2D eigenvalue weighted by atomic mass is 16.6. The van der Waals surface area contributed by atoms with Gasteiger partial charge in [0.05, 0.1) is 17.6 Å². The van der Waals surface area contributed by atoms with Crippen molar-refractivity contribution in [2.75, 3.05) is 20.2 Å². The number of piperidine rings is 1. The Morgan fingerprint density at radius 3 is 2.81 bits per heavy atom. The minimum atomic E-state index is -0.551. The molecule has 0 spiro atoms. The fraction of sp³-hybridized carbons (Fsp3) is 0.500. The summed E-state index contributed by atoms with van der Waals surface area (Å²) in [5.74, 6) is -0.0447. The molecule has 1 aromatic rings. The van der Waals surface area contributed by atoms with Crippen molar-refractivity contribution in [3.8, 4) is 5.75 Å². The lowest BCUT2D eigenvalue weighted by Crippen LogP contribution is -2.48. The molecule has 2 unspecified atom stereocenters. The van der Waals surface area contributed by atoms with E-state index in [0.29, 0.717) is 13.1 Å². The van der Waals surface area contributed by atoms with Gasteiger partial charge in [-0.2, -0.15) is 0 Å². The summed E-state index contributed by atoms with van der Waals surface area (Å²) in [5, 5.41) is 11.0. The van der Waals surface area contributed by atoms with Gasteiger partial charge in [0.1, 0.15) is 0 Å². The number of methoxy groups -OCH3 is 1. The lowest BCUT2D eigenvalue weighted by Gasteiger charge is -2.35. The van der Waals surface area contributed by atoms with Gasteiger partial charge in [-0.05, 0) is 18.4 Å². The van der Waals surface area contributed by atoms with Crippen molar-refractivity contribution in [1.29, 1.82) is 0 Å². The van der Waals surface area contributed by atoms with Crippen molar-refractivity contribution in [3.05, 3.63) is 33.9 Å². The van der Waals surface area contributed by atoms with E-state index in [1.54, 1.807) is 11.0 Å². The van der Waals surface area contributed by atoms with Gasteiger partial charge in [-0.3, -0.25) is 14.9 Å². The number of carbonyl (C=O) groups excluding carboxylic acids is 1. The van der Waals surface area contributed by atoms with E-state index in [-0.39, 0.29) is 34.9 Å². The van der Waals surface area contributed by atoms with Crippen LogP contribution in [0.1, 0.15) is 23.7 Å². The Balaban J connectivity index is 2.31. The van der Waals surface area contributed by atoms with Gasteiger partial charge < -0.3 is 15.4 Å². The summed E-state index contributed by atoms with van der Waals surface area (Å²) in [6, 6.07) is 4.45. The van der Waals surface area contributed by atoms with Gasteiger partial charge in [-0.1, -0.05) is 13.0 Å². The average Bonchev–Trinajstić information content (AvgIpc) is 2.48. The number of carbonyl (C=O) groups is 1. The summed E-state index contributed by atoms with van der Waals surface area (Å²) in [6.45, 7) is 3.09. The molecule has 7 nitrogen and oxygen atoms in total. The number of benzene rings is 1. The number of likely N-dealkylation sites (tertiary alicyclic amines) is 1. The van der Waals surface area contributed by atoms with E-state index in [0.717, 1.165) is 6.42 Å². The number of ether oxygens (including phenoxy) is 1. The van der Waals surface area contributed by atoms with Gasteiger partial charge in [0.25, 0.3) is 5.91 Å². The average molecular weight is 293 g/mol. The Bertz CT molecular complexity index is 561. The normalized spacial score (nSPS) is 22.0. The lowest BCUT2D eigenvalue weighted by atomic mass is 9.94. The van der Waals surface area contributed by atoms with Crippen LogP contribution in [0.4, 0.5) is 5.69 Å². The fourth-order valence-corrected chi connectivity index (χ4v) is 2.57. The SMILES string of the molecule is COc1c(C(=O)N2CCC(N)C(C)C2)cccc1[N+](=O)[O-]. The minimum absolute atomic E-state index is 0.00928. The van der Waals surface area contributed by atoms with Gasteiger partial charge in [0.2, 0.25) is 5.75 Å². The molecule has 114 valence electrons. The van der Waals surface area contributed by atoms with E-state index in [2.05, 4.69) is 0 Å². The Morgan fingerprint density at radius 2 is 2.24 bits per heavy atom. The van der Waals surface area contributed by atoms with Crippen LogP contribution >= 0.6 is 0 Å². The number of nitrogens with zero attached hydrogens (tertiary/aromatic N) is 2. The summed E-state index contributed by atoms with van der Waals surface area (Å²) >= 11 is 0. The molecule has 0 aromatic heterocycles. The number of amides is 1. The van der Waals surface area contributed by atoms with Crippen molar-refractivity contribution in [2.24, 2.45) is 11.7 Å². The molecule has 1 heterocycles. The zero-order valence-electron chi connectivity index (χ0n) is 12.1. The molecule has 21 heavy (non-hydrogen) atoms. The predicted octanol–water partition coefficient (Wildman–Crippen LogP) is 1.41. The molecule has 1 amide bonds. The molecule has 2 N–H and O–H groups in total. The second-order valence-electron chi connectivity index (χ2n) is 5.30. The van der Waals surface area contributed by atoms with Crippen LogP contribution in [-0.4, -0.2) is 42.0 Å². The zero-order valence-corrected chi connectivity index (χ0v) is 12.1. The zero-order chi connectivity index (χ0) is 15.6. The molecule has 1 aliphatic rings. The van der Waals surface area contributed by atoms with E-state index >= 15 is 0 Å². The molecule has 0 bridgehead atoms. The molecule has 0 radical (unpaired) electrons. The molecule has 2 rings (SSSR count). The molecule has 0 saturated carbocycles. The molecule has 7 heteroatoms. The smallest absolute Gasteiger partial charge is 0.311 e. The molecule has 1 saturated heterocycles. The molecule has 1 fully saturated rings. The van der Waals surface area contributed by atoms with E-state index in [9.17, 15) is 14.9 Å².